The molecule has 5 rings (SSSR count). The quantitative estimate of drug-likeness (QED) is 0.691. The van der Waals surface area contributed by atoms with Crippen LogP contribution in [0, 0.1) is 11.8 Å². The maximum Gasteiger partial charge on any atom is 0.411 e. The minimum atomic E-state index is -1.11. The molecule has 1 N–H and O–H groups in total. The fourth-order valence-electron chi connectivity index (χ4n) is 5.42. The zero-order valence-corrected chi connectivity index (χ0v) is 18.1. The van der Waals surface area contributed by atoms with Gasteiger partial charge in [-0.3, -0.25) is 4.90 Å². The summed E-state index contributed by atoms with van der Waals surface area (Å²) in [5.74, 6) is -0.178. The van der Waals surface area contributed by atoms with E-state index in [9.17, 15) is 14.7 Å². The number of carboxylic acid groups (broad SMARTS) is 1. The molecule has 5 nitrogen and oxygen atoms in total. The molecule has 162 valence electrons. The van der Waals surface area contributed by atoms with Crippen LogP contribution in [-0.4, -0.2) is 40.3 Å². The van der Waals surface area contributed by atoms with Crippen LogP contribution in [-0.2, 0) is 9.53 Å². The first kappa shape index (κ1) is 20.1. The number of amides is 1. The Morgan fingerprint density at radius 3 is 2.06 bits per heavy atom. The SMILES string of the molecule is CC(C)C1CC(C(=O)O)(N(C(=O)OCC2c3ccccc3-c3ccccc32)C2CC2)C1. The highest BCUT2D eigenvalue weighted by atomic mass is 16.6. The average molecular weight is 420 g/mol. The first-order valence-corrected chi connectivity index (χ1v) is 11.3. The van der Waals surface area contributed by atoms with E-state index in [-0.39, 0.29) is 18.6 Å². The number of nitrogens with zero attached hydrogens (tertiary/aromatic N) is 1. The van der Waals surface area contributed by atoms with Crippen LogP contribution in [0.2, 0.25) is 0 Å². The Labute approximate surface area is 183 Å². The highest BCUT2D eigenvalue weighted by Gasteiger charge is 2.60. The van der Waals surface area contributed by atoms with Crippen LogP contribution in [0.15, 0.2) is 48.5 Å². The first-order valence-electron chi connectivity index (χ1n) is 11.3. The molecular weight excluding hydrogens is 390 g/mol. The van der Waals surface area contributed by atoms with Crippen molar-refractivity contribution in [2.75, 3.05) is 6.61 Å². The average Bonchev–Trinajstić information content (AvgIpc) is 3.50. The van der Waals surface area contributed by atoms with Gasteiger partial charge in [-0.2, -0.15) is 0 Å². The van der Waals surface area contributed by atoms with Crippen molar-refractivity contribution in [2.45, 2.75) is 57.0 Å². The van der Waals surface area contributed by atoms with Crippen LogP contribution in [0.5, 0.6) is 0 Å². The van der Waals surface area contributed by atoms with Gasteiger partial charge in [-0.05, 0) is 59.8 Å². The number of benzene rings is 2. The number of rotatable bonds is 6. The zero-order chi connectivity index (χ0) is 21.8. The summed E-state index contributed by atoms with van der Waals surface area (Å²) in [5.41, 5.74) is 3.56. The molecule has 0 bridgehead atoms. The first-order chi connectivity index (χ1) is 14.9. The van der Waals surface area contributed by atoms with Gasteiger partial charge in [0.05, 0.1) is 0 Å². The van der Waals surface area contributed by atoms with E-state index in [4.69, 9.17) is 4.74 Å². The van der Waals surface area contributed by atoms with Crippen LogP contribution in [0.1, 0.15) is 56.6 Å². The summed E-state index contributed by atoms with van der Waals surface area (Å²) in [4.78, 5) is 27.1. The van der Waals surface area contributed by atoms with Gasteiger partial charge in [-0.1, -0.05) is 62.4 Å². The van der Waals surface area contributed by atoms with Crippen molar-refractivity contribution in [1.82, 2.24) is 4.90 Å². The lowest BCUT2D eigenvalue weighted by Crippen LogP contribution is -2.65. The third-order valence-electron chi connectivity index (χ3n) is 7.45. The second-order valence-corrected chi connectivity index (χ2v) is 9.65. The molecule has 3 aliphatic carbocycles. The molecule has 5 heteroatoms. The smallest absolute Gasteiger partial charge is 0.411 e. The fraction of sp³-hybridized carbons (Fsp3) is 0.462. The Balaban J connectivity index is 1.37. The molecule has 0 aromatic heterocycles. The van der Waals surface area contributed by atoms with Crippen LogP contribution < -0.4 is 0 Å². The van der Waals surface area contributed by atoms with Gasteiger partial charge in [0.1, 0.15) is 12.1 Å². The molecule has 2 fully saturated rings. The summed E-state index contributed by atoms with van der Waals surface area (Å²) < 4.78 is 5.85. The van der Waals surface area contributed by atoms with Crippen molar-refractivity contribution in [3.8, 4) is 11.1 Å². The van der Waals surface area contributed by atoms with E-state index in [2.05, 4.69) is 38.1 Å². The third kappa shape index (κ3) is 3.22. The van der Waals surface area contributed by atoms with Gasteiger partial charge < -0.3 is 9.84 Å². The number of fused-ring (bicyclic) bond motifs is 3. The summed E-state index contributed by atoms with van der Waals surface area (Å²) in [6, 6.07) is 16.4. The molecule has 2 saturated carbocycles. The molecule has 0 heterocycles. The second-order valence-electron chi connectivity index (χ2n) is 9.65. The number of hydrogen-bond acceptors (Lipinski definition) is 3. The predicted octanol–water partition coefficient (Wildman–Crippen LogP) is 5.29. The minimum absolute atomic E-state index is 0.0140. The van der Waals surface area contributed by atoms with Crippen molar-refractivity contribution in [3.05, 3.63) is 59.7 Å². The molecule has 2 aromatic rings. The largest absolute Gasteiger partial charge is 0.479 e. The van der Waals surface area contributed by atoms with Crippen LogP contribution in [0.25, 0.3) is 11.1 Å². The fourth-order valence-corrected chi connectivity index (χ4v) is 5.42. The summed E-state index contributed by atoms with van der Waals surface area (Å²) >= 11 is 0. The standard InChI is InChI=1S/C26H29NO4/c1-16(2)17-13-26(14-17,24(28)29)27(18-11-12-18)25(30)31-15-23-21-9-5-3-7-19(21)20-8-4-6-10-22(20)23/h3-10,16-18,23H,11-15H2,1-2H3,(H,28,29). The highest BCUT2D eigenvalue weighted by Crippen LogP contribution is 2.50. The molecule has 3 aliphatic rings. The molecular formula is C26H29NO4. The van der Waals surface area contributed by atoms with E-state index >= 15 is 0 Å². The van der Waals surface area contributed by atoms with E-state index in [1.807, 2.05) is 24.3 Å². The summed E-state index contributed by atoms with van der Waals surface area (Å²) in [6.45, 7) is 4.45. The monoisotopic (exact) mass is 419 g/mol. The Morgan fingerprint density at radius 2 is 1.58 bits per heavy atom. The highest BCUT2D eigenvalue weighted by molar-refractivity contribution is 5.86. The number of carboxylic acids is 1. The molecule has 0 aliphatic heterocycles. The van der Waals surface area contributed by atoms with E-state index in [0.717, 1.165) is 24.0 Å². The summed E-state index contributed by atoms with van der Waals surface area (Å²) in [5, 5.41) is 10.1. The normalized spacial score (nSPS) is 24.3. The lowest BCUT2D eigenvalue weighted by molar-refractivity contribution is -0.163. The molecule has 0 spiro atoms. The number of carbonyl (C=O) groups excluding carboxylic acids is 1. The van der Waals surface area contributed by atoms with Crippen molar-refractivity contribution < 1.29 is 19.4 Å². The molecule has 1 amide bonds. The third-order valence-corrected chi connectivity index (χ3v) is 7.45. The molecule has 31 heavy (non-hydrogen) atoms. The van der Waals surface area contributed by atoms with Crippen molar-refractivity contribution >= 4 is 12.1 Å². The minimum Gasteiger partial charge on any atom is -0.479 e. The van der Waals surface area contributed by atoms with Crippen molar-refractivity contribution in [2.24, 2.45) is 11.8 Å². The lowest BCUT2D eigenvalue weighted by Gasteiger charge is -2.52. The Hall–Kier alpha value is -2.82. The van der Waals surface area contributed by atoms with Gasteiger partial charge in [-0.25, -0.2) is 9.59 Å². The second kappa shape index (κ2) is 7.40. The van der Waals surface area contributed by atoms with Gasteiger partial charge in [0.25, 0.3) is 0 Å². The maximum atomic E-state index is 13.3. The number of carbonyl (C=O) groups is 2. The topological polar surface area (TPSA) is 66.8 Å². The molecule has 0 radical (unpaired) electrons. The maximum absolute atomic E-state index is 13.3. The van der Waals surface area contributed by atoms with E-state index < -0.39 is 17.6 Å². The van der Waals surface area contributed by atoms with Crippen LogP contribution >= 0.6 is 0 Å². The lowest BCUT2D eigenvalue weighted by atomic mass is 9.63. The summed E-state index contributed by atoms with van der Waals surface area (Å²) in [7, 11) is 0. The molecule has 0 atom stereocenters. The van der Waals surface area contributed by atoms with Gasteiger partial charge in [0, 0.05) is 12.0 Å². The van der Waals surface area contributed by atoms with Crippen molar-refractivity contribution in [3.63, 3.8) is 0 Å². The van der Waals surface area contributed by atoms with Crippen LogP contribution in [0.4, 0.5) is 4.79 Å². The number of ether oxygens (including phenoxy) is 1. The van der Waals surface area contributed by atoms with Crippen LogP contribution in [0.3, 0.4) is 0 Å². The van der Waals surface area contributed by atoms with Gasteiger partial charge in [0.2, 0.25) is 0 Å². The van der Waals surface area contributed by atoms with E-state index in [1.54, 1.807) is 4.90 Å². The van der Waals surface area contributed by atoms with Gasteiger partial charge >= 0.3 is 12.1 Å². The Kier molecular flexibility index (Phi) is 4.80. The molecule has 0 unspecified atom stereocenters. The number of aliphatic carboxylic acids is 1. The van der Waals surface area contributed by atoms with Crippen molar-refractivity contribution in [1.29, 1.82) is 0 Å². The van der Waals surface area contributed by atoms with E-state index in [1.165, 1.54) is 11.1 Å². The summed E-state index contributed by atoms with van der Waals surface area (Å²) in [6.07, 6.45) is 2.26. The van der Waals surface area contributed by atoms with E-state index in [0.29, 0.717) is 24.7 Å². The van der Waals surface area contributed by atoms with Gasteiger partial charge in [0.15, 0.2) is 0 Å². The number of hydrogen-bond donors (Lipinski definition) is 1. The molecule has 0 saturated heterocycles. The Bertz CT molecular complexity index is 974. The molecule has 2 aromatic carbocycles. The predicted molar refractivity (Wildman–Crippen MR) is 118 cm³/mol. The Morgan fingerprint density at radius 1 is 1.03 bits per heavy atom. The zero-order valence-electron chi connectivity index (χ0n) is 18.1. The van der Waals surface area contributed by atoms with Gasteiger partial charge in [-0.15, -0.1) is 0 Å².